The van der Waals surface area contributed by atoms with Gasteiger partial charge in [0.25, 0.3) is 0 Å². The average Bonchev–Trinajstić information content (AvgIpc) is 3.13. The van der Waals surface area contributed by atoms with Gasteiger partial charge in [-0.2, -0.15) is 5.10 Å². The molecule has 0 saturated heterocycles. The van der Waals surface area contributed by atoms with Gasteiger partial charge in [0, 0.05) is 20.6 Å². The first-order valence-corrected chi connectivity index (χ1v) is 8.77. The van der Waals surface area contributed by atoms with Crippen LogP contribution in [0.5, 0.6) is 5.75 Å². The van der Waals surface area contributed by atoms with Crippen molar-refractivity contribution in [3.63, 3.8) is 0 Å². The Kier molecular flexibility index (Phi) is 8.73. The molecule has 0 bridgehead atoms. The van der Waals surface area contributed by atoms with Gasteiger partial charge in [-0.3, -0.25) is 9.67 Å². The van der Waals surface area contributed by atoms with Crippen LogP contribution >= 0.6 is 24.0 Å². The van der Waals surface area contributed by atoms with Gasteiger partial charge < -0.3 is 15.4 Å². The van der Waals surface area contributed by atoms with Gasteiger partial charge in [-0.05, 0) is 23.3 Å². The quantitative estimate of drug-likeness (QED) is 0.302. The van der Waals surface area contributed by atoms with E-state index in [0.29, 0.717) is 19.7 Å². The molecule has 0 saturated carbocycles. The monoisotopic (exact) mass is 492 g/mol. The van der Waals surface area contributed by atoms with Crippen molar-refractivity contribution >= 4 is 29.9 Å². The Morgan fingerprint density at radius 2 is 1.68 bits per heavy atom. The molecule has 0 aliphatic heterocycles. The van der Waals surface area contributed by atoms with Crippen LogP contribution in [0.1, 0.15) is 17.0 Å². The van der Waals surface area contributed by atoms with Crippen LogP contribution in [-0.2, 0) is 26.7 Å². The minimum absolute atomic E-state index is 0. The van der Waals surface area contributed by atoms with Gasteiger partial charge in [0.2, 0.25) is 0 Å². The Balaban J connectivity index is 0.00000280. The number of hydrogen-bond donors (Lipinski definition) is 2. The summed E-state index contributed by atoms with van der Waals surface area (Å²) >= 11 is 0. The number of halogens is 1. The highest BCUT2D eigenvalue weighted by Gasteiger charge is 2.03. The molecule has 1 heterocycles. The maximum Gasteiger partial charge on any atom is 0.191 e. The second kappa shape index (κ2) is 11.3. The Bertz CT molecular complexity index is 864. The molecule has 0 fully saturated rings. The summed E-state index contributed by atoms with van der Waals surface area (Å²) in [5, 5.41) is 10.6. The van der Waals surface area contributed by atoms with Crippen LogP contribution in [0.3, 0.4) is 0 Å². The number of benzene rings is 2. The fraction of sp³-hybridized carbons (Fsp3) is 0.250. The summed E-state index contributed by atoms with van der Waals surface area (Å²) in [6.45, 7) is 1.79. The first-order chi connectivity index (χ1) is 13.2. The number of rotatable bonds is 7. The molecule has 2 N–H and O–H groups in total. The van der Waals surface area contributed by atoms with E-state index in [1.807, 2.05) is 37.4 Å². The molecule has 0 amide bonds. The predicted molar refractivity (Wildman–Crippen MR) is 121 cm³/mol. The number of nitrogens with zero attached hydrogens (tertiary/aromatic N) is 4. The van der Waals surface area contributed by atoms with Gasteiger partial charge in [-0.1, -0.05) is 42.5 Å². The fourth-order valence-corrected chi connectivity index (χ4v) is 2.49. The number of guanidine groups is 1. The van der Waals surface area contributed by atoms with Gasteiger partial charge >= 0.3 is 0 Å². The molecule has 0 atom stereocenters. The lowest BCUT2D eigenvalue weighted by Crippen LogP contribution is -2.36. The summed E-state index contributed by atoms with van der Waals surface area (Å²) < 4.78 is 7.50. The van der Waals surface area contributed by atoms with Crippen molar-refractivity contribution in [1.29, 1.82) is 0 Å². The molecule has 28 heavy (non-hydrogen) atoms. The molecule has 1 aromatic heterocycles. The maximum absolute atomic E-state index is 5.77. The van der Waals surface area contributed by atoms with Crippen LogP contribution in [0.25, 0.3) is 0 Å². The van der Waals surface area contributed by atoms with E-state index in [2.05, 4.69) is 50.0 Å². The number of nitrogens with one attached hydrogen (secondary N) is 2. The SMILES string of the molecule is CN=C(NCc1ccc(COc2ccccc2)cc1)NCc1ncnn1C.I. The molecule has 0 radical (unpaired) electrons. The highest BCUT2D eigenvalue weighted by atomic mass is 127. The Morgan fingerprint density at radius 3 is 2.32 bits per heavy atom. The Morgan fingerprint density at radius 1 is 1.00 bits per heavy atom. The predicted octanol–water partition coefficient (Wildman–Crippen LogP) is 2.88. The zero-order valence-electron chi connectivity index (χ0n) is 16.0. The fourth-order valence-electron chi connectivity index (χ4n) is 2.49. The van der Waals surface area contributed by atoms with E-state index in [0.717, 1.165) is 23.1 Å². The minimum atomic E-state index is 0. The first kappa shape index (κ1) is 21.7. The topological polar surface area (TPSA) is 76.4 Å². The summed E-state index contributed by atoms with van der Waals surface area (Å²) in [5.74, 6) is 2.44. The molecule has 0 aliphatic carbocycles. The number of hydrogen-bond acceptors (Lipinski definition) is 4. The number of aromatic nitrogens is 3. The van der Waals surface area contributed by atoms with Crippen LogP contribution in [0.4, 0.5) is 0 Å². The van der Waals surface area contributed by atoms with Crippen molar-refractivity contribution in [3.05, 3.63) is 77.9 Å². The second-order valence-electron chi connectivity index (χ2n) is 6.00. The molecule has 0 spiro atoms. The summed E-state index contributed by atoms with van der Waals surface area (Å²) in [6.07, 6.45) is 1.54. The van der Waals surface area contributed by atoms with E-state index in [4.69, 9.17) is 4.74 Å². The van der Waals surface area contributed by atoms with E-state index in [9.17, 15) is 0 Å². The van der Waals surface area contributed by atoms with Crippen LogP contribution in [0.15, 0.2) is 65.9 Å². The lowest BCUT2D eigenvalue weighted by Gasteiger charge is -2.12. The van der Waals surface area contributed by atoms with Gasteiger partial charge in [0.1, 0.15) is 24.5 Å². The smallest absolute Gasteiger partial charge is 0.191 e. The molecular formula is C20H25IN6O. The average molecular weight is 492 g/mol. The standard InChI is InChI=1S/C20H24N6O.HI/c1-21-20(23-13-19-24-15-25-26(19)2)22-12-16-8-10-17(11-9-16)14-27-18-6-4-3-5-7-18;/h3-11,15H,12-14H2,1-2H3,(H2,21,22,23);1H. The minimum Gasteiger partial charge on any atom is -0.489 e. The van der Waals surface area contributed by atoms with E-state index in [-0.39, 0.29) is 24.0 Å². The van der Waals surface area contributed by atoms with Gasteiger partial charge in [-0.25, -0.2) is 4.98 Å². The summed E-state index contributed by atoms with van der Waals surface area (Å²) in [6, 6.07) is 18.2. The second-order valence-corrected chi connectivity index (χ2v) is 6.00. The molecule has 0 unspecified atom stereocenters. The molecule has 0 aliphatic rings. The summed E-state index contributed by atoms with van der Waals surface area (Å²) in [5.41, 5.74) is 2.30. The van der Waals surface area contributed by atoms with Crippen LogP contribution in [0.2, 0.25) is 0 Å². The van der Waals surface area contributed by atoms with Crippen molar-refractivity contribution in [1.82, 2.24) is 25.4 Å². The number of ether oxygens (including phenoxy) is 1. The highest BCUT2D eigenvalue weighted by molar-refractivity contribution is 14.0. The molecular weight excluding hydrogens is 467 g/mol. The van der Waals surface area contributed by atoms with Crippen molar-refractivity contribution < 1.29 is 4.74 Å². The third kappa shape index (κ3) is 6.52. The normalized spacial score (nSPS) is 10.9. The molecule has 148 valence electrons. The highest BCUT2D eigenvalue weighted by Crippen LogP contribution is 2.12. The van der Waals surface area contributed by atoms with E-state index >= 15 is 0 Å². The van der Waals surface area contributed by atoms with Crippen molar-refractivity contribution in [3.8, 4) is 5.75 Å². The number of para-hydroxylation sites is 1. The van der Waals surface area contributed by atoms with Crippen LogP contribution in [0, 0.1) is 0 Å². The molecule has 3 aromatic rings. The lowest BCUT2D eigenvalue weighted by atomic mass is 10.1. The number of aliphatic imine (C=N–C) groups is 1. The van der Waals surface area contributed by atoms with E-state index in [1.54, 1.807) is 11.7 Å². The number of aryl methyl sites for hydroxylation is 1. The Labute approximate surface area is 182 Å². The van der Waals surface area contributed by atoms with Gasteiger partial charge in [-0.15, -0.1) is 24.0 Å². The van der Waals surface area contributed by atoms with E-state index in [1.165, 1.54) is 11.9 Å². The maximum atomic E-state index is 5.77. The van der Waals surface area contributed by atoms with Gasteiger partial charge in [0.15, 0.2) is 5.96 Å². The Hall–Kier alpha value is -2.62. The molecule has 7 nitrogen and oxygen atoms in total. The molecule has 2 aromatic carbocycles. The third-order valence-electron chi connectivity index (χ3n) is 4.07. The molecule has 8 heteroatoms. The van der Waals surface area contributed by atoms with Crippen molar-refractivity contribution in [2.75, 3.05) is 7.05 Å². The van der Waals surface area contributed by atoms with Gasteiger partial charge in [0.05, 0.1) is 6.54 Å². The van der Waals surface area contributed by atoms with Crippen LogP contribution in [-0.4, -0.2) is 27.8 Å². The van der Waals surface area contributed by atoms with Crippen molar-refractivity contribution in [2.45, 2.75) is 19.7 Å². The zero-order chi connectivity index (χ0) is 18.9. The van der Waals surface area contributed by atoms with E-state index < -0.39 is 0 Å². The third-order valence-corrected chi connectivity index (χ3v) is 4.07. The zero-order valence-corrected chi connectivity index (χ0v) is 18.3. The molecule has 3 rings (SSSR count). The largest absolute Gasteiger partial charge is 0.489 e. The first-order valence-electron chi connectivity index (χ1n) is 8.77. The summed E-state index contributed by atoms with van der Waals surface area (Å²) in [7, 11) is 3.61. The van der Waals surface area contributed by atoms with Crippen LogP contribution < -0.4 is 15.4 Å². The summed E-state index contributed by atoms with van der Waals surface area (Å²) in [4.78, 5) is 8.41. The van der Waals surface area contributed by atoms with Crippen molar-refractivity contribution in [2.24, 2.45) is 12.0 Å². The lowest BCUT2D eigenvalue weighted by molar-refractivity contribution is 0.306.